The lowest BCUT2D eigenvalue weighted by Crippen LogP contribution is -2.39. The molecule has 0 spiro atoms. The molecule has 1 saturated heterocycles. The Morgan fingerprint density at radius 1 is 1.33 bits per heavy atom. The van der Waals surface area contributed by atoms with E-state index in [9.17, 15) is 4.79 Å². The Morgan fingerprint density at radius 3 is 2.71 bits per heavy atom. The van der Waals surface area contributed by atoms with Crippen LogP contribution in [0.3, 0.4) is 0 Å². The third-order valence-electron chi connectivity index (χ3n) is 4.74. The maximum atomic E-state index is 12.5. The van der Waals surface area contributed by atoms with E-state index in [1.165, 1.54) is 12.8 Å². The first-order chi connectivity index (χ1) is 9.16. The van der Waals surface area contributed by atoms with Crippen molar-refractivity contribution in [2.75, 3.05) is 13.1 Å². The van der Waals surface area contributed by atoms with E-state index >= 15 is 0 Å². The minimum Gasteiger partial charge on any atom is -0.340 e. The van der Waals surface area contributed by atoms with Crippen molar-refractivity contribution in [1.82, 2.24) is 14.7 Å². The highest BCUT2D eigenvalue weighted by Crippen LogP contribution is 2.36. The van der Waals surface area contributed by atoms with Crippen LogP contribution in [0, 0.1) is 11.8 Å². The fourth-order valence-electron chi connectivity index (χ4n) is 3.58. The number of carbonyl (C=O) groups is 1. The fraction of sp³-hybridized carbons (Fsp3) is 0.714. The third-order valence-corrected chi connectivity index (χ3v) is 4.74. The van der Waals surface area contributed by atoms with Crippen LogP contribution in [0.2, 0.25) is 0 Å². The van der Waals surface area contributed by atoms with Crippen molar-refractivity contribution in [3.8, 4) is 0 Å². The molecular weight excluding hydrogens is 311 g/mol. The van der Waals surface area contributed by atoms with Crippen LogP contribution < -0.4 is 5.73 Å². The molecular formula is C14H24Cl2N4O. The summed E-state index contributed by atoms with van der Waals surface area (Å²) in [5, 5.41) is 4.16. The molecule has 4 atom stereocenters. The number of likely N-dealkylation sites (tertiary alicyclic amines) is 1. The van der Waals surface area contributed by atoms with Gasteiger partial charge in [0.2, 0.25) is 5.91 Å². The minimum absolute atomic E-state index is 0. The third kappa shape index (κ3) is 3.52. The standard InChI is InChI=1S/C14H22N4O.2ClH/c1-10(18-7-3-6-16-18)14(19)17-8-11-4-2-5-13(15)12(11)9-17;;/h3,6-7,10-13H,2,4-5,8-9,15H2,1H3;2*1H. The Balaban J connectivity index is 0.00000110. The van der Waals surface area contributed by atoms with Crippen molar-refractivity contribution in [3.63, 3.8) is 0 Å². The molecule has 2 fully saturated rings. The zero-order valence-corrected chi connectivity index (χ0v) is 13.9. The topological polar surface area (TPSA) is 64.2 Å². The van der Waals surface area contributed by atoms with Gasteiger partial charge in [0.05, 0.1) is 0 Å². The van der Waals surface area contributed by atoms with E-state index in [-0.39, 0.29) is 42.8 Å². The van der Waals surface area contributed by atoms with Crippen molar-refractivity contribution in [2.24, 2.45) is 17.6 Å². The van der Waals surface area contributed by atoms with Gasteiger partial charge in [-0.15, -0.1) is 24.8 Å². The summed E-state index contributed by atoms with van der Waals surface area (Å²) in [7, 11) is 0. The first-order valence-electron chi connectivity index (χ1n) is 7.20. The molecule has 5 nitrogen and oxygen atoms in total. The maximum absolute atomic E-state index is 12.5. The van der Waals surface area contributed by atoms with Crippen LogP contribution in [0.5, 0.6) is 0 Å². The van der Waals surface area contributed by atoms with Crippen LogP contribution in [0.1, 0.15) is 32.2 Å². The number of rotatable bonds is 2. The van der Waals surface area contributed by atoms with Crippen molar-refractivity contribution in [3.05, 3.63) is 18.5 Å². The van der Waals surface area contributed by atoms with E-state index in [0.29, 0.717) is 11.8 Å². The van der Waals surface area contributed by atoms with Gasteiger partial charge in [0.25, 0.3) is 0 Å². The lowest BCUT2D eigenvalue weighted by atomic mass is 9.78. The van der Waals surface area contributed by atoms with Gasteiger partial charge in [0, 0.05) is 31.5 Å². The zero-order chi connectivity index (χ0) is 13.4. The van der Waals surface area contributed by atoms with E-state index < -0.39 is 0 Å². The minimum atomic E-state index is -0.216. The molecule has 2 aliphatic rings. The first-order valence-corrected chi connectivity index (χ1v) is 7.20. The van der Waals surface area contributed by atoms with E-state index in [0.717, 1.165) is 19.5 Å². The van der Waals surface area contributed by atoms with E-state index in [2.05, 4.69) is 5.10 Å². The molecule has 0 aromatic carbocycles. The van der Waals surface area contributed by atoms with E-state index in [1.54, 1.807) is 10.9 Å². The van der Waals surface area contributed by atoms with Gasteiger partial charge in [-0.1, -0.05) is 6.42 Å². The Kier molecular flexibility index (Phi) is 6.50. The molecule has 1 aliphatic carbocycles. The normalized spacial score (nSPS) is 29.0. The second-order valence-electron chi connectivity index (χ2n) is 5.92. The Morgan fingerprint density at radius 2 is 2.10 bits per heavy atom. The highest BCUT2D eigenvalue weighted by molar-refractivity contribution is 5.85. The van der Waals surface area contributed by atoms with Gasteiger partial charge in [-0.05, 0) is 37.7 Å². The number of carbonyl (C=O) groups excluding carboxylic acids is 1. The quantitative estimate of drug-likeness (QED) is 0.897. The molecule has 7 heteroatoms. The predicted octanol–water partition coefficient (Wildman–Crippen LogP) is 1.87. The number of fused-ring (bicyclic) bond motifs is 1. The Labute approximate surface area is 138 Å². The molecule has 21 heavy (non-hydrogen) atoms. The number of amides is 1. The van der Waals surface area contributed by atoms with Crippen LogP contribution in [-0.2, 0) is 4.79 Å². The summed E-state index contributed by atoms with van der Waals surface area (Å²) in [5.74, 6) is 1.28. The van der Waals surface area contributed by atoms with Gasteiger partial charge < -0.3 is 10.6 Å². The highest BCUT2D eigenvalue weighted by Gasteiger charge is 2.41. The summed E-state index contributed by atoms with van der Waals surface area (Å²) in [4.78, 5) is 14.5. The largest absolute Gasteiger partial charge is 0.340 e. The summed E-state index contributed by atoms with van der Waals surface area (Å²) >= 11 is 0. The Hall–Kier alpha value is -0.780. The number of hydrogen-bond acceptors (Lipinski definition) is 3. The van der Waals surface area contributed by atoms with Gasteiger partial charge in [-0.25, -0.2) is 0 Å². The van der Waals surface area contributed by atoms with Gasteiger partial charge >= 0.3 is 0 Å². The predicted molar refractivity (Wildman–Crippen MR) is 86.8 cm³/mol. The van der Waals surface area contributed by atoms with Gasteiger partial charge in [-0.3, -0.25) is 9.48 Å². The fourth-order valence-corrected chi connectivity index (χ4v) is 3.58. The number of nitrogens with two attached hydrogens (primary N) is 1. The maximum Gasteiger partial charge on any atom is 0.247 e. The van der Waals surface area contributed by atoms with Crippen molar-refractivity contribution in [2.45, 2.75) is 38.3 Å². The summed E-state index contributed by atoms with van der Waals surface area (Å²) in [6.07, 6.45) is 7.09. The zero-order valence-electron chi connectivity index (χ0n) is 12.2. The van der Waals surface area contributed by atoms with Crippen molar-refractivity contribution < 1.29 is 4.79 Å². The van der Waals surface area contributed by atoms with Crippen LogP contribution in [0.15, 0.2) is 18.5 Å². The molecule has 1 aliphatic heterocycles. The van der Waals surface area contributed by atoms with Crippen LogP contribution >= 0.6 is 24.8 Å². The molecule has 1 aromatic rings. The lowest BCUT2D eigenvalue weighted by Gasteiger charge is -2.29. The van der Waals surface area contributed by atoms with Crippen LogP contribution in [0.25, 0.3) is 0 Å². The van der Waals surface area contributed by atoms with Crippen LogP contribution in [-0.4, -0.2) is 39.7 Å². The molecule has 2 N–H and O–H groups in total. The molecule has 0 radical (unpaired) electrons. The molecule has 120 valence electrons. The lowest BCUT2D eigenvalue weighted by molar-refractivity contribution is -0.133. The second kappa shape index (κ2) is 7.47. The van der Waals surface area contributed by atoms with E-state index in [1.807, 2.05) is 24.1 Å². The van der Waals surface area contributed by atoms with Crippen LogP contribution in [0.4, 0.5) is 0 Å². The molecule has 3 rings (SSSR count). The summed E-state index contributed by atoms with van der Waals surface area (Å²) < 4.78 is 1.73. The average molecular weight is 335 g/mol. The SMILES string of the molecule is CC(C(=O)N1CC2CCCC(N)C2C1)n1cccn1.Cl.Cl. The highest BCUT2D eigenvalue weighted by atomic mass is 35.5. The summed E-state index contributed by atoms with van der Waals surface area (Å²) in [6, 6.07) is 1.91. The number of aromatic nitrogens is 2. The molecule has 1 saturated carbocycles. The molecule has 2 heterocycles. The summed E-state index contributed by atoms with van der Waals surface area (Å²) in [5.41, 5.74) is 6.20. The van der Waals surface area contributed by atoms with Gasteiger partial charge in [0.15, 0.2) is 0 Å². The molecule has 0 bridgehead atoms. The van der Waals surface area contributed by atoms with Gasteiger partial charge in [0.1, 0.15) is 6.04 Å². The van der Waals surface area contributed by atoms with Crippen molar-refractivity contribution >= 4 is 30.7 Å². The molecule has 1 amide bonds. The van der Waals surface area contributed by atoms with Gasteiger partial charge in [-0.2, -0.15) is 5.10 Å². The smallest absolute Gasteiger partial charge is 0.247 e. The second-order valence-corrected chi connectivity index (χ2v) is 5.92. The summed E-state index contributed by atoms with van der Waals surface area (Å²) in [6.45, 7) is 3.62. The number of nitrogens with zero attached hydrogens (tertiary/aromatic N) is 3. The molecule has 1 aromatic heterocycles. The first kappa shape index (κ1) is 18.3. The average Bonchev–Trinajstić information content (AvgIpc) is 3.06. The van der Waals surface area contributed by atoms with Crippen molar-refractivity contribution in [1.29, 1.82) is 0 Å². The number of halogens is 2. The van der Waals surface area contributed by atoms with E-state index in [4.69, 9.17) is 5.73 Å². The monoisotopic (exact) mass is 334 g/mol. The molecule has 4 unspecified atom stereocenters. The number of hydrogen-bond donors (Lipinski definition) is 1. The Bertz CT molecular complexity index is 454.